The van der Waals surface area contributed by atoms with Crippen molar-refractivity contribution < 1.29 is 27.5 Å². The molecule has 0 saturated heterocycles. The summed E-state index contributed by atoms with van der Waals surface area (Å²) < 4.78 is 28.5. The first-order chi connectivity index (χ1) is 15.9. The second-order valence-electron chi connectivity index (χ2n) is 8.82. The lowest BCUT2D eigenvalue weighted by atomic mass is 10.0. The molecule has 0 saturated carbocycles. The number of anilines is 1. The lowest BCUT2D eigenvalue weighted by Gasteiger charge is -2.24. The van der Waals surface area contributed by atoms with Gasteiger partial charge in [-0.05, 0) is 62.1 Å². The monoisotopic (exact) mass is 487 g/mol. The van der Waals surface area contributed by atoms with Crippen LogP contribution in [0.25, 0.3) is 0 Å². The zero-order valence-electron chi connectivity index (χ0n) is 19.6. The number of primary sulfonamides is 1. The highest BCUT2D eigenvalue weighted by molar-refractivity contribution is 7.89. The Morgan fingerprint density at radius 3 is 2.38 bits per heavy atom. The van der Waals surface area contributed by atoms with Crippen molar-refractivity contribution in [2.24, 2.45) is 11.1 Å². The summed E-state index contributed by atoms with van der Waals surface area (Å²) in [5.74, 6) is -1.83. The Hall–Kier alpha value is -3.24. The van der Waals surface area contributed by atoms with E-state index in [1.807, 2.05) is 13.8 Å². The van der Waals surface area contributed by atoms with Crippen LogP contribution in [-0.4, -0.2) is 44.9 Å². The molecule has 0 bridgehead atoms. The molecule has 182 valence electrons. The van der Waals surface area contributed by atoms with E-state index in [4.69, 9.17) is 9.88 Å². The van der Waals surface area contributed by atoms with Crippen molar-refractivity contribution in [3.63, 3.8) is 0 Å². The molecule has 2 aromatic carbocycles. The fourth-order valence-electron chi connectivity index (χ4n) is 3.88. The molecular weight excluding hydrogens is 458 g/mol. The maximum atomic E-state index is 12.9. The third kappa shape index (κ3) is 5.63. The van der Waals surface area contributed by atoms with Crippen molar-refractivity contribution in [2.45, 2.75) is 51.1 Å². The topological polar surface area (TPSA) is 136 Å². The summed E-state index contributed by atoms with van der Waals surface area (Å²) in [5.41, 5.74) is 2.65. The largest absolute Gasteiger partial charge is 0.454 e. The second-order valence-corrected chi connectivity index (χ2v) is 10.4. The smallest absolute Gasteiger partial charge is 0.329 e. The minimum atomic E-state index is -3.86. The SMILES string of the molecule is Cc1ccc(C(=O)N[C@H](C(=O)OCC(=O)N2c3ccc(S(N)(=O)=O)cc3CC2C)C(C)C)cc1. The lowest BCUT2D eigenvalue weighted by Crippen LogP contribution is -2.46. The highest BCUT2D eigenvalue weighted by Crippen LogP contribution is 2.33. The summed E-state index contributed by atoms with van der Waals surface area (Å²) in [6, 6.07) is 10.1. The minimum Gasteiger partial charge on any atom is -0.454 e. The molecule has 1 aliphatic heterocycles. The quantitative estimate of drug-likeness (QED) is 0.573. The van der Waals surface area contributed by atoms with E-state index in [1.54, 1.807) is 38.1 Å². The molecule has 1 aliphatic rings. The van der Waals surface area contributed by atoms with E-state index in [9.17, 15) is 22.8 Å². The van der Waals surface area contributed by atoms with Crippen molar-refractivity contribution >= 4 is 33.5 Å². The summed E-state index contributed by atoms with van der Waals surface area (Å²) in [7, 11) is -3.86. The molecule has 3 N–H and O–H groups in total. The Bertz CT molecular complexity index is 1210. The van der Waals surface area contributed by atoms with Crippen molar-refractivity contribution in [1.82, 2.24) is 5.32 Å². The predicted octanol–water partition coefficient (Wildman–Crippen LogP) is 1.92. The normalized spacial score (nSPS) is 16.2. The Kier molecular flexibility index (Phi) is 7.42. The van der Waals surface area contributed by atoms with Crippen molar-refractivity contribution in [3.8, 4) is 0 Å². The molecule has 2 atom stereocenters. The summed E-state index contributed by atoms with van der Waals surface area (Å²) in [6.45, 7) is 6.75. The van der Waals surface area contributed by atoms with E-state index < -0.39 is 40.5 Å². The molecule has 0 fully saturated rings. The number of nitrogens with one attached hydrogen (secondary N) is 1. The molecule has 10 heteroatoms. The molecule has 0 aliphatic carbocycles. The number of nitrogens with zero attached hydrogens (tertiary/aromatic N) is 1. The molecule has 1 unspecified atom stereocenters. The van der Waals surface area contributed by atoms with Crippen molar-refractivity contribution in [2.75, 3.05) is 11.5 Å². The number of sulfonamides is 1. The summed E-state index contributed by atoms with van der Waals surface area (Å²) in [5, 5.41) is 7.88. The molecule has 1 heterocycles. The molecular formula is C24H29N3O6S. The number of rotatable bonds is 7. The van der Waals surface area contributed by atoms with E-state index in [2.05, 4.69) is 5.32 Å². The predicted molar refractivity (Wildman–Crippen MR) is 127 cm³/mol. The van der Waals surface area contributed by atoms with E-state index in [1.165, 1.54) is 23.1 Å². The average molecular weight is 488 g/mol. The van der Waals surface area contributed by atoms with E-state index >= 15 is 0 Å². The first-order valence-electron chi connectivity index (χ1n) is 10.9. The second kappa shape index (κ2) is 9.94. The highest BCUT2D eigenvalue weighted by Gasteiger charge is 2.33. The van der Waals surface area contributed by atoms with Crippen molar-refractivity contribution in [1.29, 1.82) is 0 Å². The van der Waals surface area contributed by atoms with Gasteiger partial charge in [-0.25, -0.2) is 18.4 Å². The Morgan fingerprint density at radius 2 is 1.79 bits per heavy atom. The Balaban J connectivity index is 1.67. The van der Waals surface area contributed by atoms with Gasteiger partial charge in [0, 0.05) is 17.3 Å². The first-order valence-corrected chi connectivity index (χ1v) is 12.4. The van der Waals surface area contributed by atoms with Crippen molar-refractivity contribution in [3.05, 3.63) is 59.2 Å². The summed E-state index contributed by atoms with van der Waals surface area (Å²) >= 11 is 0. The van der Waals surface area contributed by atoms with E-state index in [-0.39, 0.29) is 16.9 Å². The summed E-state index contributed by atoms with van der Waals surface area (Å²) in [4.78, 5) is 39.6. The van der Waals surface area contributed by atoms with Crippen LogP contribution in [0.15, 0.2) is 47.4 Å². The number of hydrogen-bond donors (Lipinski definition) is 2. The van der Waals surface area contributed by atoms with Crippen LogP contribution in [0.4, 0.5) is 5.69 Å². The average Bonchev–Trinajstić information content (AvgIpc) is 3.10. The number of esters is 1. The number of fused-ring (bicyclic) bond motifs is 1. The summed E-state index contributed by atoms with van der Waals surface area (Å²) in [6.07, 6.45) is 0.444. The standard InChI is InChI=1S/C24H29N3O6S/c1-14(2)22(26-23(29)17-7-5-15(3)6-8-17)24(30)33-13-21(28)27-16(4)11-18-12-19(34(25,31)32)9-10-20(18)27/h5-10,12,14,16,22H,11,13H2,1-4H3,(H,26,29)(H2,25,31,32)/t16?,22-/m0/s1. The van der Waals surface area contributed by atoms with Gasteiger partial charge in [0.05, 0.1) is 4.90 Å². The van der Waals surface area contributed by atoms with Gasteiger partial charge in [0.15, 0.2) is 6.61 Å². The van der Waals surface area contributed by atoms with Crippen LogP contribution in [0, 0.1) is 12.8 Å². The Morgan fingerprint density at radius 1 is 1.15 bits per heavy atom. The zero-order chi connectivity index (χ0) is 25.2. The number of hydrogen-bond acceptors (Lipinski definition) is 6. The Labute approximate surface area is 199 Å². The fraction of sp³-hybridized carbons (Fsp3) is 0.375. The number of aryl methyl sites for hydroxylation is 1. The van der Waals surface area contributed by atoms with Gasteiger partial charge in [-0.3, -0.25) is 9.59 Å². The van der Waals surface area contributed by atoms with E-state index in [0.29, 0.717) is 23.2 Å². The third-order valence-electron chi connectivity index (χ3n) is 5.72. The number of carbonyl (C=O) groups excluding carboxylic acids is 3. The lowest BCUT2D eigenvalue weighted by molar-refractivity contribution is -0.150. The van der Waals surface area contributed by atoms with Gasteiger partial charge in [-0.1, -0.05) is 31.5 Å². The number of amides is 2. The highest BCUT2D eigenvalue weighted by atomic mass is 32.2. The zero-order valence-corrected chi connectivity index (χ0v) is 20.4. The number of nitrogens with two attached hydrogens (primary N) is 1. The number of benzene rings is 2. The van der Waals surface area contributed by atoms with Gasteiger partial charge in [0.2, 0.25) is 10.0 Å². The maximum Gasteiger partial charge on any atom is 0.329 e. The molecule has 0 aromatic heterocycles. The van der Waals surface area contributed by atoms with Gasteiger partial charge >= 0.3 is 5.97 Å². The molecule has 9 nitrogen and oxygen atoms in total. The molecule has 2 aromatic rings. The molecule has 34 heavy (non-hydrogen) atoms. The van der Waals surface area contributed by atoms with Crippen LogP contribution in [0.1, 0.15) is 42.3 Å². The van der Waals surface area contributed by atoms with Gasteiger partial charge in [0.25, 0.3) is 11.8 Å². The maximum absolute atomic E-state index is 12.9. The molecule has 0 radical (unpaired) electrons. The van der Waals surface area contributed by atoms with Crippen LogP contribution in [0.2, 0.25) is 0 Å². The fourth-order valence-corrected chi connectivity index (χ4v) is 4.45. The van der Waals surface area contributed by atoms with Crippen LogP contribution in [0.3, 0.4) is 0 Å². The van der Waals surface area contributed by atoms with Gasteiger partial charge in [-0.15, -0.1) is 0 Å². The molecule has 2 amide bonds. The van der Waals surface area contributed by atoms with Gasteiger partial charge in [-0.2, -0.15) is 0 Å². The molecule has 3 rings (SSSR count). The number of ether oxygens (including phenoxy) is 1. The molecule has 0 spiro atoms. The van der Waals surface area contributed by atoms with E-state index in [0.717, 1.165) is 5.56 Å². The number of carbonyl (C=O) groups is 3. The third-order valence-corrected chi connectivity index (χ3v) is 6.63. The van der Waals surface area contributed by atoms with Crippen LogP contribution in [0.5, 0.6) is 0 Å². The minimum absolute atomic E-state index is 0.0247. The van der Waals surface area contributed by atoms with Crippen LogP contribution < -0.4 is 15.4 Å². The van der Waals surface area contributed by atoms with Crippen LogP contribution >= 0.6 is 0 Å². The van der Waals surface area contributed by atoms with Gasteiger partial charge < -0.3 is 15.0 Å². The van der Waals surface area contributed by atoms with Gasteiger partial charge in [0.1, 0.15) is 6.04 Å². The first kappa shape index (κ1) is 25.4. The van der Waals surface area contributed by atoms with Crippen LogP contribution in [-0.2, 0) is 30.8 Å².